The highest BCUT2D eigenvalue weighted by molar-refractivity contribution is 9.10. The molecule has 1 rings (SSSR count). The first kappa shape index (κ1) is 11.5. The van der Waals surface area contributed by atoms with Gasteiger partial charge in [-0.05, 0) is 53.0 Å². The maximum Gasteiger partial charge on any atom is 0.0484 e. The fraction of sp³-hybridized carbons (Fsp3) is 0.455. The molecular formula is C11H17BrN2. The van der Waals surface area contributed by atoms with E-state index in [1.165, 1.54) is 5.56 Å². The summed E-state index contributed by atoms with van der Waals surface area (Å²) in [6.45, 7) is 5.85. The SMILES string of the molecule is Cc1ccc(NCC(C)CN)c(Br)c1. The van der Waals surface area contributed by atoms with Gasteiger partial charge in [-0.3, -0.25) is 0 Å². The predicted octanol–water partition coefficient (Wildman–Crippen LogP) is 2.76. The molecule has 0 aliphatic rings. The fourth-order valence-corrected chi connectivity index (χ4v) is 1.76. The van der Waals surface area contributed by atoms with Crippen molar-refractivity contribution in [2.24, 2.45) is 11.7 Å². The summed E-state index contributed by atoms with van der Waals surface area (Å²) in [4.78, 5) is 0. The number of rotatable bonds is 4. The molecule has 14 heavy (non-hydrogen) atoms. The maximum absolute atomic E-state index is 5.55. The van der Waals surface area contributed by atoms with Crippen LogP contribution in [0.5, 0.6) is 0 Å². The number of halogens is 1. The summed E-state index contributed by atoms with van der Waals surface area (Å²) >= 11 is 3.53. The number of anilines is 1. The second kappa shape index (κ2) is 5.37. The zero-order chi connectivity index (χ0) is 10.6. The zero-order valence-electron chi connectivity index (χ0n) is 8.68. The minimum Gasteiger partial charge on any atom is -0.384 e. The van der Waals surface area contributed by atoms with Gasteiger partial charge in [0, 0.05) is 16.7 Å². The average molecular weight is 257 g/mol. The van der Waals surface area contributed by atoms with Gasteiger partial charge in [-0.2, -0.15) is 0 Å². The summed E-state index contributed by atoms with van der Waals surface area (Å²) in [6, 6.07) is 6.29. The van der Waals surface area contributed by atoms with E-state index in [9.17, 15) is 0 Å². The van der Waals surface area contributed by atoms with Crippen LogP contribution in [0.25, 0.3) is 0 Å². The van der Waals surface area contributed by atoms with E-state index in [-0.39, 0.29) is 0 Å². The summed E-state index contributed by atoms with van der Waals surface area (Å²) < 4.78 is 1.11. The Labute approximate surface area is 94.0 Å². The molecule has 0 radical (unpaired) electrons. The van der Waals surface area contributed by atoms with Crippen molar-refractivity contribution in [1.82, 2.24) is 0 Å². The van der Waals surface area contributed by atoms with Crippen molar-refractivity contribution in [3.63, 3.8) is 0 Å². The van der Waals surface area contributed by atoms with Gasteiger partial charge in [0.05, 0.1) is 0 Å². The van der Waals surface area contributed by atoms with Crippen molar-refractivity contribution in [3.8, 4) is 0 Å². The number of aryl methyl sites for hydroxylation is 1. The molecule has 3 N–H and O–H groups in total. The molecule has 0 amide bonds. The van der Waals surface area contributed by atoms with E-state index in [0.717, 1.165) is 23.2 Å². The molecule has 2 nitrogen and oxygen atoms in total. The molecule has 78 valence electrons. The van der Waals surface area contributed by atoms with E-state index in [1.54, 1.807) is 0 Å². The monoisotopic (exact) mass is 256 g/mol. The zero-order valence-corrected chi connectivity index (χ0v) is 10.3. The van der Waals surface area contributed by atoms with Crippen LogP contribution in [0.3, 0.4) is 0 Å². The molecule has 1 aromatic carbocycles. The van der Waals surface area contributed by atoms with Crippen LogP contribution in [0.15, 0.2) is 22.7 Å². The highest BCUT2D eigenvalue weighted by Crippen LogP contribution is 2.23. The Bertz CT molecular complexity index is 299. The molecule has 0 saturated carbocycles. The van der Waals surface area contributed by atoms with Crippen molar-refractivity contribution in [1.29, 1.82) is 0 Å². The minimum atomic E-state index is 0.503. The Morgan fingerprint density at radius 2 is 2.21 bits per heavy atom. The predicted molar refractivity (Wildman–Crippen MR) is 65.6 cm³/mol. The lowest BCUT2D eigenvalue weighted by Crippen LogP contribution is -2.19. The molecule has 0 aliphatic carbocycles. The number of nitrogens with one attached hydrogen (secondary N) is 1. The van der Waals surface area contributed by atoms with Crippen molar-refractivity contribution in [3.05, 3.63) is 28.2 Å². The van der Waals surface area contributed by atoms with E-state index in [0.29, 0.717) is 5.92 Å². The molecule has 0 aliphatic heterocycles. The van der Waals surface area contributed by atoms with Gasteiger partial charge in [0.25, 0.3) is 0 Å². The molecular weight excluding hydrogens is 240 g/mol. The first-order valence-corrected chi connectivity index (χ1v) is 5.63. The minimum absolute atomic E-state index is 0.503. The van der Waals surface area contributed by atoms with Crippen LogP contribution >= 0.6 is 15.9 Å². The third-order valence-electron chi connectivity index (χ3n) is 2.17. The standard InChI is InChI=1S/C11H17BrN2/c1-8-3-4-11(10(12)5-8)14-7-9(2)6-13/h3-5,9,14H,6-7,13H2,1-2H3. The van der Waals surface area contributed by atoms with Crippen LogP contribution in [0, 0.1) is 12.8 Å². The number of hydrogen-bond donors (Lipinski definition) is 2. The lowest BCUT2D eigenvalue weighted by Gasteiger charge is -2.12. The van der Waals surface area contributed by atoms with Gasteiger partial charge in [-0.25, -0.2) is 0 Å². The van der Waals surface area contributed by atoms with Crippen LogP contribution in [-0.2, 0) is 0 Å². The Morgan fingerprint density at radius 3 is 2.79 bits per heavy atom. The largest absolute Gasteiger partial charge is 0.384 e. The molecule has 0 fully saturated rings. The van der Waals surface area contributed by atoms with Gasteiger partial charge in [-0.1, -0.05) is 13.0 Å². The summed E-state index contributed by atoms with van der Waals surface area (Å²) in [5, 5.41) is 3.36. The normalized spacial score (nSPS) is 12.6. The summed E-state index contributed by atoms with van der Waals surface area (Å²) in [5.41, 5.74) is 7.94. The van der Waals surface area contributed by atoms with Gasteiger partial charge in [0.2, 0.25) is 0 Å². The summed E-state index contributed by atoms with van der Waals surface area (Å²) in [6.07, 6.45) is 0. The second-order valence-corrected chi connectivity index (χ2v) is 4.56. The van der Waals surface area contributed by atoms with Crippen LogP contribution in [0.2, 0.25) is 0 Å². The smallest absolute Gasteiger partial charge is 0.0484 e. The maximum atomic E-state index is 5.55. The molecule has 1 unspecified atom stereocenters. The molecule has 1 aromatic rings. The third-order valence-corrected chi connectivity index (χ3v) is 2.82. The van der Waals surface area contributed by atoms with E-state index < -0.39 is 0 Å². The first-order valence-electron chi connectivity index (χ1n) is 4.83. The molecule has 0 spiro atoms. The van der Waals surface area contributed by atoms with Crippen molar-refractivity contribution in [2.75, 3.05) is 18.4 Å². The lowest BCUT2D eigenvalue weighted by molar-refractivity contribution is 0.628. The van der Waals surface area contributed by atoms with Crippen molar-refractivity contribution >= 4 is 21.6 Å². The Morgan fingerprint density at radius 1 is 1.50 bits per heavy atom. The van der Waals surface area contributed by atoms with Crippen molar-refractivity contribution < 1.29 is 0 Å². The van der Waals surface area contributed by atoms with E-state index in [2.05, 4.69) is 53.3 Å². The van der Waals surface area contributed by atoms with Gasteiger partial charge < -0.3 is 11.1 Å². The average Bonchev–Trinajstić information content (AvgIpc) is 2.16. The van der Waals surface area contributed by atoms with E-state index >= 15 is 0 Å². The third kappa shape index (κ3) is 3.31. The van der Waals surface area contributed by atoms with Crippen LogP contribution < -0.4 is 11.1 Å². The molecule has 0 aromatic heterocycles. The quantitative estimate of drug-likeness (QED) is 0.870. The Kier molecular flexibility index (Phi) is 4.42. The molecule has 0 bridgehead atoms. The fourth-order valence-electron chi connectivity index (χ4n) is 1.13. The summed E-state index contributed by atoms with van der Waals surface area (Å²) in [5.74, 6) is 0.503. The molecule has 0 heterocycles. The molecule has 1 atom stereocenters. The van der Waals surface area contributed by atoms with E-state index in [1.807, 2.05) is 0 Å². The van der Waals surface area contributed by atoms with Gasteiger partial charge in [-0.15, -0.1) is 0 Å². The van der Waals surface area contributed by atoms with Crippen LogP contribution in [0.4, 0.5) is 5.69 Å². The summed E-state index contributed by atoms with van der Waals surface area (Å²) in [7, 11) is 0. The van der Waals surface area contributed by atoms with Crippen LogP contribution in [-0.4, -0.2) is 13.1 Å². The van der Waals surface area contributed by atoms with Crippen molar-refractivity contribution in [2.45, 2.75) is 13.8 Å². The highest BCUT2D eigenvalue weighted by atomic mass is 79.9. The number of hydrogen-bond acceptors (Lipinski definition) is 2. The van der Waals surface area contributed by atoms with Gasteiger partial charge in [0.15, 0.2) is 0 Å². The Hall–Kier alpha value is -0.540. The molecule has 0 saturated heterocycles. The molecule has 3 heteroatoms. The second-order valence-electron chi connectivity index (χ2n) is 3.71. The van der Waals surface area contributed by atoms with Crippen LogP contribution in [0.1, 0.15) is 12.5 Å². The Balaban J connectivity index is 2.59. The topological polar surface area (TPSA) is 38.0 Å². The number of nitrogens with two attached hydrogens (primary N) is 1. The lowest BCUT2D eigenvalue weighted by atomic mass is 10.1. The van der Waals surface area contributed by atoms with E-state index in [4.69, 9.17) is 5.73 Å². The highest BCUT2D eigenvalue weighted by Gasteiger charge is 2.01. The first-order chi connectivity index (χ1) is 6.63. The van der Waals surface area contributed by atoms with Gasteiger partial charge >= 0.3 is 0 Å². The number of benzene rings is 1. The van der Waals surface area contributed by atoms with Gasteiger partial charge in [0.1, 0.15) is 0 Å².